The van der Waals surface area contributed by atoms with E-state index in [0.717, 1.165) is 5.69 Å². The molecule has 3 amide bonds. The van der Waals surface area contributed by atoms with Crippen molar-refractivity contribution in [2.24, 2.45) is 0 Å². The number of rotatable bonds is 3. The quantitative estimate of drug-likeness (QED) is 0.916. The van der Waals surface area contributed by atoms with Crippen molar-refractivity contribution in [1.82, 2.24) is 14.8 Å². The monoisotopic (exact) mass is 349 g/mol. The molecule has 1 N–H and O–H groups in total. The van der Waals surface area contributed by atoms with Crippen LogP contribution in [0.4, 0.5) is 10.5 Å². The molecule has 0 unspecified atom stereocenters. The second kappa shape index (κ2) is 8.12. The van der Waals surface area contributed by atoms with E-state index >= 15 is 0 Å². The Hall–Kier alpha value is -3.40. The smallest absolute Gasteiger partial charge is 0.321 e. The largest absolute Gasteiger partial charge is 0.339 e. The van der Waals surface area contributed by atoms with Gasteiger partial charge in [-0.25, -0.2) is 4.79 Å². The van der Waals surface area contributed by atoms with Crippen LogP contribution in [0.5, 0.6) is 0 Å². The van der Waals surface area contributed by atoms with Crippen molar-refractivity contribution in [3.63, 3.8) is 0 Å². The number of carbonyl (C=O) groups excluding carboxylic acids is 2. The minimum atomic E-state index is -0.202. The lowest BCUT2D eigenvalue weighted by atomic mass is 10.2. The highest BCUT2D eigenvalue weighted by molar-refractivity contribution is 5.89. The van der Waals surface area contributed by atoms with Crippen molar-refractivity contribution in [2.45, 2.75) is 6.42 Å². The average molecular weight is 349 g/mol. The highest BCUT2D eigenvalue weighted by atomic mass is 16.2. The van der Waals surface area contributed by atoms with Crippen LogP contribution in [-0.4, -0.2) is 52.9 Å². The van der Waals surface area contributed by atoms with Crippen molar-refractivity contribution in [1.29, 1.82) is 5.26 Å². The molecule has 3 rings (SSSR count). The molecule has 0 atom stereocenters. The summed E-state index contributed by atoms with van der Waals surface area (Å²) in [6, 6.07) is 14.1. The maximum absolute atomic E-state index is 12.3. The van der Waals surface area contributed by atoms with Crippen molar-refractivity contribution >= 4 is 17.6 Å². The van der Waals surface area contributed by atoms with Crippen LogP contribution in [0.15, 0.2) is 48.7 Å². The number of benzene rings is 1. The summed E-state index contributed by atoms with van der Waals surface area (Å²) < 4.78 is 0. The lowest BCUT2D eigenvalue weighted by Crippen LogP contribution is -2.52. The van der Waals surface area contributed by atoms with Crippen molar-refractivity contribution < 1.29 is 9.59 Å². The van der Waals surface area contributed by atoms with Crippen LogP contribution < -0.4 is 5.32 Å². The van der Waals surface area contributed by atoms with Gasteiger partial charge in [0.15, 0.2) is 0 Å². The van der Waals surface area contributed by atoms with Gasteiger partial charge in [0, 0.05) is 43.8 Å². The first kappa shape index (κ1) is 17.4. The third kappa shape index (κ3) is 4.36. The van der Waals surface area contributed by atoms with E-state index < -0.39 is 0 Å². The molecule has 1 aromatic carbocycles. The molecule has 0 aliphatic carbocycles. The number of urea groups is 1. The first-order valence-electron chi connectivity index (χ1n) is 8.39. The van der Waals surface area contributed by atoms with Gasteiger partial charge in [0.25, 0.3) is 0 Å². The normalized spacial score (nSPS) is 13.8. The summed E-state index contributed by atoms with van der Waals surface area (Å²) >= 11 is 0. The lowest BCUT2D eigenvalue weighted by molar-refractivity contribution is -0.131. The molecule has 2 aromatic rings. The van der Waals surface area contributed by atoms with Crippen LogP contribution in [0.2, 0.25) is 0 Å². The third-order valence-electron chi connectivity index (χ3n) is 4.24. The zero-order chi connectivity index (χ0) is 18.4. The average Bonchev–Trinajstić information content (AvgIpc) is 2.69. The molecule has 0 spiro atoms. The Bertz CT molecular complexity index is 806. The number of pyridine rings is 1. The summed E-state index contributed by atoms with van der Waals surface area (Å²) in [5.74, 6) is 0.0239. The Morgan fingerprint density at radius 3 is 2.35 bits per heavy atom. The molecular formula is C19H19N5O2. The second-order valence-corrected chi connectivity index (χ2v) is 5.98. The molecule has 1 fully saturated rings. The van der Waals surface area contributed by atoms with Crippen molar-refractivity contribution in [2.75, 3.05) is 31.5 Å². The fourth-order valence-corrected chi connectivity index (χ4v) is 2.76. The summed E-state index contributed by atoms with van der Waals surface area (Å²) in [4.78, 5) is 32.3. The molecule has 7 nitrogen and oxygen atoms in total. The Balaban J connectivity index is 1.48. The van der Waals surface area contributed by atoms with E-state index in [0.29, 0.717) is 37.4 Å². The molecule has 0 saturated carbocycles. The van der Waals surface area contributed by atoms with Gasteiger partial charge in [0.05, 0.1) is 18.1 Å². The van der Waals surface area contributed by atoms with E-state index in [4.69, 9.17) is 5.26 Å². The fraction of sp³-hybridized carbons (Fsp3) is 0.263. The van der Waals surface area contributed by atoms with Gasteiger partial charge in [-0.05, 0) is 36.4 Å². The first-order chi connectivity index (χ1) is 12.7. The summed E-state index contributed by atoms with van der Waals surface area (Å²) in [5.41, 5.74) is 1.93. The molecule has 1 aliphatic heterocycles. The predicted molar refractivity (Wildman–Crippen MR) is 96.3 cm³/mol. The number of nitriles is 1. The van der Waals surface area contributed by atoms with Crippen LogP contribution in [-0.2, 0) is 11.2 Å². The SMILES string of the molecule is N#Cc1ccc(NC(=O)N2CCN(C(=O)Cc3ccccn3)CC2)cc1. The molecule has 2 heterocycles. The van der Waals surface area contributed by atoms with E-state index in [-0.39, 0.29) is 18.4 Å². The number of aromatic nitrogens is 1. The van der Waals surface area contributed by atoms with Gasteiger partial charge in [0.1, 0.15) is 0 Å². The third-order valence-corrected chi connectivity index (χ3v) is 4.24. The zero-order valence-corrected chi connectivity index (χ0v) is 14.3. The topological polar surface area (TPSA) is 89.3 Å². The Morgan fingerprint density at radius 1 is 1.04 bits per heavy atom. The summed E-state index contributed by atoms with van der Waals surface area (Å²) in [6.45, 7) is 1.98. The van der Waals surface area contributed by atoms with Gasteiger partial charge < -0.3 is 15.1 Å². The molecule has 1 aliphatic rings. The minimum absolute atomic E-state index is 0.0239. The zero-order valence-electron chi connectivity index (χ0n) is 14.3. The second-order valence-electron chi connectivity index (χ2n) is 5.98. The van der Waals surface area contributed by atoms with E-state index in [1.807, 2.05) is 24.3 Å². The van der Waals surface area contributed by atoms with Crippen LogP contribution in [0.3, 0.4) is 0 Å². The first-order valence-corrected chi connectivity index (χ1v) is 8.39. The number of nitrogens with one attached hydrogen (secondary N) is 1. The van der Waals surface area contributed by atoms with Crippen molar-refractivity contribution in [3.8, 4) is 6.07 Å². The Kier molecular flexibility index (Phi) is 5.44. The highest BCUT2D eigenvalue weighted by Crippen LogP contribution is 2.11. The van der Waals surface area contributed by atoms with Gasteiger partial charge >= 0.3 is 6.03 Å². The van der Waals surface area contributed by atoms with E-state index in [1.165, 1.54) is 0 Å². The van der Waals surface area contributed by atoms with E-state index in [2.05, 4.69) is 10.3 Å². The van der Waals surface area contributed by atoms with Gasteiger partial charge in [-0.3, -0.25) is 9.78 Å². The summed E-state index contributed by atoms with van der Waals surface area (Å²) in [5, 5.41) is 11.6. The van der Waals surface area contributed by atoms with Crippen molar-refractivity contribution in [3.05, 3.63) is 59.9 Å². The van der Waals surface area contributed by atoms with Gasteiger partial charge in [0.2, 0.25) is 5.91 Å². The van der Waals surface area contributed by atoms with Gasteiger partial charge in [-0.2, -0.15) is 5.26 Å². The molecule has 1 aromatic heterocycles. The maximum atomic E-state index is 12.3. The van der Waals surface area contributed by atoms with Crippen LogP contribution >= 0.6 is 0 Å². The van der Waals surface area contributed by atoms with E-state index in [1.54, 1.807) is 40.3 Å². The van der Waals surface area contributed by atoms with Gasteiger partial charge in [-0.1, -0.05) is 6.07 Å². The molecule has 7 heteroatoms. The molecular weight excluding hydrogens is 330 g/mol. The lowest BCUT2D eigenvalue weighted by Gasteiger charge is -2.34. The minimum Gasteiger partial charge on any atom is -0.339 e. The standard InChI is InChI=1S/C19H19N5O2/c20-14-15-4-6-16(7-5-15)22-19(26)24-11-9-23(10-12-24)18(25)13-17-3-1-2-8-21-17/h1-8H,9-13H2,(H,22,26). The highest BCUT2D eigenvalue weighted by Gasteiger charge is 2.24. The molecule has 26 heavy (non-hydrogen) atoms. The molecule has 132 valence electrons. The Labute approximate surface area is 151 Å². The predicted octanol–water partition coefficient (Wildman–Crippen LogP) is 1.87. The van der Waals surface area contributed by atoms with Crippen LogP contribution in [0.1, 0.15) is 11.3 Å². The summed E-state index contributed by atoms with van der Waals surface area (Å²) in [7, 11) is 0. The van der Waals surface area contributed by atoms with Crippen LogP contribution in [0.25, 0.3) is 0 Å². The fourth-order valence-electron chi connectivity index (χ4n) is 2.76. The molecule has 1 saturated heterocycles. The van der Waals surface area contributed by atoms with Gasteiger partial charge in [-0.15, -0.1) is 0 Å². The number of amides is 3. The summed E-state index contributed by atoms with van der Waals surface area (Å²) in [6.07, 6.45) is 1.95. The molecule has 0 bridgehead atoms. The number of hydrogen-bond acceptors (Lipinski definition) is 4. The number of piperazine rings is 1. The molecule has 0 radical (unpaired) electrons. The maximum Gasteiger partial charge on any atom is 0.321 e. The number of anilines is 1. The number of hydrogen-bond donors (Lipinski definition) is 1. The van der Waals surface area contributed by atoms with Crippen LogP contribution in [0, 0.1) is 11.3 Å². The van der Waals surface area contributed by atoms with E-state index in [9.17, 15) is 9.59 Å². The number of nitrogens with zero attached hydrogens (tertiary/aromatic N) is 4. The number of carbonyl (C=O) groups is 2. The Morgan fingerprint density at radius 2 is 1.73 bits per heavy atom.